The maximum atomic E-state index is 12.1. The number of rotatable bonds is 6. The zero-order valence-corrected chi connectivity index (χ0v) is 14.1. The molecule has 0 saturated carbocycles. The molecule has 0 amide bonds. The summed E-state index contributed by atoms with van der Waals surface area (Å²) in [5.74, 6) is 0.606. The number of esters is 1. The van der Waals surface area contributed by atoms with Gasteiger partial charge in [-0.3, -0.25) is 0 Å². The molecule has 2 aromatic rings. The highest BCUT2D eigenvalue weighted by atomic mass is 16.5. The fraction of sp³-hybridized carbons (Fsp3) is 0.300. The lowest BCUT2D eigenvalue weighted by Gasteiger charge is -2.17. The van der Waals surface area contributed by atoms with Crippen LogP contribution in [0, 0.1) is 11.3 Å². The Morgan fingerprint density at radius 1 is 1.36 bits per heavy atom. The minimum absolute atomic E-state index is 0.363. The van der Waals surface area contributed by atoms with Crippen LogP contribution in [0.5, 0.6) is 5.75 Å². The molecule has 1 aliphatic rings. The summed E-state index contributed by atoms with van der Waals surface area (Å²) < 4.78 is 10.4. The zero-order valence-electron chi connectivity index (χ0n) is 14.1. The first kappa shape index (κ1) is 17.0. The normalized spacial score (nSPS) is 13.4. The molecule has 128 valence electrons. The van der Waals surface area contributed by atoms with Crippen LogP contribution in [0.25, 0.3) is 0 Å². The van der Waals surface area contributed by atoms with Crippen molar-refractivity contribution in [2.45, 2.75) is 18.9 Å². The molecule has 0 aliphatic carbocycles. The van der Waals surface area contributed by atoms with Gasteiger partial charge in [-0.05, 0) is 41.3 Å². The highest BCUT2D eigenvalue weighted by molar-refractivity contribution is 5.77. The quantitative estimate of drug-likeness (QED) is 0.821. The van der Waals surface area contributed by atoms with Crippen LogP contribution >= 0.6 is 0 Å². The Hall–Kier alpha value is -2.84. The van der Waals surface area contributed by atoms with E-state index in [4.69, 9.17) is 14.7 Å². The van der Waals surface area contributed by atoms with Gasteiger partial charge in [-0.1, -0.05) is 24.3 Å². The predicted octanol–water partition coefficient (Wildman–Crippen LogP) is 2.54. The molecule has 0 bridgehead atoms. The van der Waals surface area contributed by atoms with Crippen LogP contribution < -0.4 is 10.1 Å². The van der Waals surface area contributed by atoms with E-state index in [2.05, 4.69) is 23.5 Å². The van der Waals surface area contributed by atoms with E-state index in [1.54, 1.807) is 18.2 Å². The molecule has 0 fully saturated rings. The monoisotopic (exact) mass is 336 g/mol. The van der Waals surface area contributed by atoms with Crippen molar-refractivity contribution in [3.63, 3.8) is 0 Å². The van der Waals surface area contributed by atoms with Crippen LogP contribution in [-0.4, -0.2) is 26.2 Å². The number of benzene rings is 2. The van der Waals surface area contributed by atoms with Gasteiger partial charge in [0.1, 0.15) is 11.8 Å². The summed E-state index contributed by atoms with van der Waals surface area (Å²) in [4.78, 5) is 12.1. The number of carbonyl (C=O) groups is 1. The average Bonchev–Trinajstić information content (AvgIpc) is 3.12. The third-order valence-electron chi connectivity index (χ3n) is 4.30. The van der Waals surface area contributed by atoms with Gasteiger partial charge in [0.2, 0.25) is 0 Å². The summed E-state index contributed by atoms with van der Waals surface area (Å²) in [5.41, 5.74) is 3.69. The van der Waals surface area contributed by atoms with E-state index in [1.807, 2.05) is 12.1 Å². The number of nitriles is 1. The minimum atomic E-state index is -0.587. The van der Waals surface area contributed by atoms with Crippen molar-refractivity contribution >= 4 is 5.97 Å². The molecule has 0 aromatic heterocycles. The Balaban J connectivity index is 1.67. The first-order chi connectivity index (χ1) is 12.2. The summed E-state index contributed by atoms with van der Waals surface area (Å²) in [6, 6.07) is 14.7. The number of hydrogen-bond acceptors (Lipinski definition) is 5. The highest BCUT2D eigenvalue weighted by Gasteiger charge is 2.21. The van der Waals surface area contributed by atoms with Gasteiger partial charge in [0, 0.05) is 13.0 Å². The molecule has 1 aliphatic heterocycles. The molecule has 3 rings (SSSR count). The fourth-order valence-electron chi connectivity index (χ4n) is 3.00. The van der Waals surface area contributed by atoms with Gasteiger partial charge in [-0.2, -0.15) is 5.26 Å². The van der Waals surface area contributed by atoms with Crippen molar-refractivity contribution in [3.8, 4) is 11.8 Å². The third kappa shape index (κ3) is 3.98. The first-order valence-corrected chi connectivity index (χ1v) is 8.27. The smallest absolute Gasteiger partial charge is 0.327 e. The highest BCUT2D eigenvalue weighted by Crippen LogP contribution is 2.26. The molecule has 1 N–H and O–H groups in total. The average molecular weight is 336 g/mol. The van der Waals surface area contributed by atoms with Gasteiger partial charge >= 0.3 is 5.97 Å². The van der Waals surface area contributed by atoms with Crippen LogP contribution in [0.1, 0.15) is 28.3 Å². The van der Waals surface area contributed by atoms with Gasteiger partial charge in [-0.25, -0.2) is 4.79 Å². The van der Waals surface area contributed by atoms with E-state index in [-0.39, 0.29) is 5.97 Å². The van der Waals surface area contributed by atoms with Crippen LogP contribution in [0.2, 0.25) is 0 Å². The van der Waals surface area contributed by atoms with E-state index in [1.165, 1.54) is 18.2 Å². The molecular formula is C20H20N2O3. The number of hydrogen-bond donors (Lipinski definition) is 1. The Morgan fingerprint density at radius 2 is 2.24 bits per heavy atom. The van der Waals surface area contributed by atoms with Crippen molar-refractivity contribution < 1.29 is 14.3 Å². The van der Waals surface area contributed by atoms with E-state index < -0.39 is 6.04 Å². The summed E-state index contributed by atoms with van der Waals surface area (Å²) in [5, 5.41) is 12.3. The largest absolute Gasteiger partial charge is 0.493 e. The molecule has 2 aromatic carbocycles. The first-order valence-electron chi connectivity index (χ1n) is 8.27. The minimum Gasteiger partial charge on any atom is -0.493 e. The molecular weight excluding hydrogens is 316 g/mol. The molecule has 25 heavy (non-hydrogen) atoms. The maximum Gasteiger partial charge on any atom is 0.327 e. The van der Waals surface area contributed by atoms with Gasteiger partial charge < -0.3 is 14.8 Å². The molecule has 0 saturated heterocycles. The Morgan fingerprint density at radius 3 is 3.04 bits per heavy atom. The number of nitrogens with one attached hydrogen (secondary N) is 1. The van der Waals surface area contributed by atoms with Gasteiger partial charge in [0.25, 0.3) is 0 Å². The summed E-state index contributed by atoms with van der Waals surface area (Å²) in [6.45, 7) is 1.37. The van der Waals surface area contributed by atoms with Crippen molar-refractivity contribution in [2.75, 3.05) is 20.3 Å². The van der Waals surface area contributed by atoms with Gasteiger partial charge in [0.05, 0.1) is 25.3 Å². The lowest BCUT2D eigenvalue weighted by molar-refractivity contribution is -0.143. The number of ether oxygens (including phenoxy) is 2. The number of carbonyl (C=O) groups excluding carboxylic acids is 1. The van der Waals surface area contributed by atoms with Crippen LogP contribution in [0.15, 0.2) is 42.5 Å². The second-order valence-corrected chi connectivity index (χ2v) is 5.94. The van der Waals surface area contributed by atoms with Crippen molar-refractivity contribution in [1.82, 2.24) is 5.32 Å². The maximum absolute atomic E-state index is 12.1. The lowest BCUT2D eigenvalue weighted by Crippen LogP contribution is -2.31. The Kier molecular flexibility index (Phi) is 5.32. The molecule has 1 heterocycles. The third-order valence-corrected chi connectivity index (χ3v) is 4.30. The summed E-state index contributed by atoms with van der Waals surface area (Å²) in [6.07, 6.45) is 1.74. The van der Waals surface area contributed by atoms with Gasteiger partial charge in [-0.15, -0.1) is 0 Å². The SMILES string of the molecule is COC(=O)C(NCCc1ccc2c(c1)CCO2)c1cccc(C#N)c1. The fourth-order valence-corrected chi connectivity index (χ4v) is 3.00. The molecule has 1 unspecified atom stereocenters. The van der Waals surface area contributed by atoms with Gasteiger partial charge in [0.15, 0.2) is 0 Å². The molecule has 5 heteroatoms. The van der Waals surface area contributed by atoms with E-state index in [0.29, 0.717) is 12.1 Å². The van der Waals surface area contributed by atoms with Crippen molar-refractivity contribution in [2.24, 2.45) is 0 Å². The van der Waals surface area contributed by atoms with E-state index in [9.17, 15) is 4.79 Å². The topological polar surface area (TPSA) is 71.3 Å². The molecule has 1 atom stereocenters. The second kappa shape index (κ2) is 7.82. The van der Waals surface area contributed by atoms with Crippen LogP contribution in [0.4, 0.5) is 0 Å². The van der Waals surface area contributed by atoms with Crippen LogP contribution in [-0.2, 0) is 22.4 Å². The Bertz CT molecular complexity index is 811. The van der Waals surface area contributed by atoms with Crippen LogP contribution in [0.3, 0.4) is 0 Å². The zero-order chi connectivity index (χ0) is 17.6. The van der Waals surface area contributed by atoms with E-state index in [0.717, 1.165) is 30.8 Å². The van der Waals surface area contributed by atoms with E-state index >= 15 is 0 Å². The predicted molar refractivity (Wildman–Crippen MR) is 93.3 cm³/mol. The van der Waals surface area contributed by atoms with Crippen molar-refractivity contribution in [3.05, 3.63) is 64.7 Å². The molecule has 0 radical (unpaired) electrons. The second-order valence-electron chi connectivity index (χ2n) is 5.94. The number of nitrogens with zero attached hydrogens (tertiary/aromatic N) is 1. The van der Waals surface area contributed by atoms with Crippen molar-refractivity contribution in [1.29, 1.82) is 5.26 Å². The number of fused-ring (bicyclic) bond motifs is 1. The summed E-state index contributed by atoms with van der Waals surface area (Å²) in [7, 11) is 1.37. The molecule has 0 spiro atoms. The number of methoxy groups -OCH3 is 1. The molecule has 5 nitrogen and oxygen atoms in total. The lowest BCUT2D eigenvalue weighted by atomic mass is 10.0. The standard InChI is InChI=1S/C20H20N2O3/c1-24-20(23)19(17-4-2-3-15(12-17)13-21)22-9-7-14-5-6-18-16(11-14)8-10-25-18/h2-6,11-12,19,22H,7-10H2,1H3. The Labute approximate surface area is 147 Å². The summed E-state index contributed by atoms with van der Waals surface area (Å²) >= 11 is 0.